The Morgan fingerprint density at radius 1 is 1.22 bits per heavy atom. The number of rotatable bonds is 5. The minimum absolute atomic E-state index is 0.0723. The van der Waals surface area contributed by atoms with Gasteiger partial charge >= 0.3 is 17.6 Å². The molecule has 122 valence electrons. The Balaban J connectivity index is 3.59. The fourth-order valence-electron chi connectivity index (χ4n) is 1.77. The number of nitro groups is 1. The summed E-state index contributed by atoms with van der Waals surface area (Å²) in [5.41, 5.74) is -1.09. The zero-order valence-electron chi connectivity index (χ0n) is 12.6. The smallest absolute Gasteiger partial charge is 0.345 e. The highest BCUT2D eigenvalue weighted by atomic mass is 16.6. The number of esters is 2. The number of nitrogens with zero attached hydrogens (tertiary/aromatic N) is 1. The van der Waals surface area contributed by atoms with Gasteiger partial charge in [-0.2, -0.15) is 0 Å². The van der Waals surface area contributed by atoms with Gasteiger partial charge in [0.25, 0.3) is 0 Å². The molecule has 0 aliphatic rings. The molecule has 1 aromatic rings. The number of benzene rings is 1. The van der Waals surface area contributed by atoms with Crippen LogP contribution in [-0.2, 0) is 19.1 Å². The number of amides is 1. The van der Waals surface area contributed by atoms with Crippen LogP contribution >= 0.6 is 0 Å². The molecule has 1 N–H and O–H groups in total. The fourth-order valence-corrected chi connectivity index (χ4v) is 1.77. The third kappa shape index (κ3) is 4.37. The molecule has 0 saturated heterocycles. The summed E-state index contributed by atoms with van der Waals surface area (Å²) in [5, 5.41) is 13.6. The number of ether oxygens (including phenoxy) is 2. The molecule has 0 atom stereocenters. The van der Waals surface area contributed by atoms with Crippen molar-refractivity contribution in [1.29, 1.82) is 0 Å². The second-order valence-corrected chi connectivity index (χ2v) is 4.21. The van der Waals surface area contributed by atoms with Crippen molar-refractivity contribution < 1.29 is 28.8 Å². The third-order valence-electron chi connectivity index (χ3n) is 2.69. The predicted octanol–water partition coefficient (Wildman–Crippen LogP) is 1.53. The van der Waals surface area contributed by atoms with Crippen LogP contribution in [0.5, 0.6) is 0 Å². The van der Waals surface area contributed by atoms with Crippen LogP contribution in [0.4, 0.5) is 11.4 Å². The molecule has 0 fully saturated rings. The maximum Gasteiger partial charge on any atom is 0.345 e. The molecule has 0 aromatic heterocycles. The second kappa shape index (κ2) is 7.69. The Morgan fingerprint density at radius 3 is 2.35 bits per heavy atom. The predicted molar refractivity (Wildman–Crippen MR) is 79.8 cm³/mol. The highest BCUT2D eigenvalue weighted by Crippen LogP contribution is 2.32. The normalized spacial score (nSPS) is 10.2. The summed E-state index contributed by atoms with van der Waals surface area (Å²) in [6, 6.07) is 2.59. The maximum absolute atomic E-state index is 11.9. The molecule has 0 aliphatic carbocycles. The van der Waals surface area contributed by atoms with Gasteiger partial charge in [0.15, 0.2) is 0 Å². The van der Waals surface area contributed by atoms with Gasteiger partial charge < -0.3 is 14.8 Å². The second-order valence-electron chi connectivity index (χ2n) is 4.21. The van der Waals surface area contributed by atoms with Crippen LogP contribution < -0.4 is 5.32 Å². The number of nitrogens with one attached hydrogen (secondary N) is 1. The van der Waals surface area contributed by atoms with Crippen LogP contribution in [0.2, 0.25) is 0 Å². The highest BCUT2D eigenvalue weighted by molar-refractivity contribution is 6.03. The molecule has 0 unspecified atom stereocenters. The van der Waals surface area contributed by atoms with Crippen LogP contribution in [0.3, 0.4) is 0 Å². The average molecular weight is 322 g/mol. The van der Waals surface area contributed by atoms with Crippen molar-refractivity contribution in [2.75, 3.05) is 19.5 Å². The number of hydrogen-bond acceptors (Lipinski definition) is 7. The molecule has 1 rings (SSSR count). The topological polar surface area (TPSA) is 125 Å². The Morgan fingerprint density at radius 2 is 1.87 bits per heavy atom. The van der Waals surface area contributed by atoms with Gasteiger partial charge in [0, 0.05) is 13.0 Å². The van der Waals surface area contributed by atoms with Gasteiger partial charge in [-0.25, -0.2) is 9.59 Å². The van der Waals surface area contributed by atoms with E-state index in [4.69, 9.17) is 0 Å². The van der Waals surface area contributed by atoms with Crippen molar-refractivity contribution in [2.24, 2.45) is 0 Å². The Hall–Kier alpha value is -3.23. The molecule has 1 aromatic carbocycles. The van der Waals surface area contributed by atoms with Crippen LogP contribution in [0.25, 0.3) is 6.08 Å². The van der Waals surface area contributed by atoms with E-state index in [1.165, 1.54) is 25.1 Å². The number of nitro benzene ring substituents is 1. The van der Waals surface area contributed by atoms with Crippen LogP contribution in [0.1, 0.15) is 22.8 Å². The van der Waals surface area contributed by atoms with E-state index in [-0.39, 0.29) is 16.8 Å². The lowest BCUT2D eigenvalue weighted by Crippen LogP contribution is -2.13. The summed E-state index contributed by atoms with van der Waals surface area (Å²) in [4.78, 5) is 44.7. The zero-order chi connectivity index (χ0) is 17.6. The summed E-state index contributed by atoms with van der Waals surface area (Å²) in [6.07, 6.45) is 2.19. The quantitative estimate of drug-likeness (QED) is 0.377. The first kappa shape index (κ1) is 17.8. The number of hydrogen-bond donors (Lipinski definition) is 1. The van der Waals surface area contributed by atoms with Crippen molar-refractivity contribution in [1.82, 2.24) is 0 Å². The van der Waals surface area contributed by atoms with Gasteiger partial charge in [0.1, 0.15) is 11.3 Å². The van der Waals surface area contributed by atoms with Gasteiger partial charge in [0.2, 0.25) is 5.91 Å². The fraction of sp³-hybridized carbons (Fsp3) is 0.214. The van der Waals surface area contributed by atoms with Gasteiger partial charge in [-0.1, -0.05) is 6.07 Å². The standard InChI is InChI=1S/C14H14N2O7/c1-8(17)15-10-6-4-9(5-7-11(18)22-2)12(14(19)23-3)13(10)16(20)21/h4-7H,1-3H3,(H,15,17)/b7-5+. The lowest BCUT2D eigenvalue weighted by atomic mass is 10.0. The minimum atomic E-state index is -0.978. The molecule has 0 spiro atoms. The molecule has 0 bridgehead atoms. The van der Waals surface area contributed by atoms with E-state index in [1.807, 2.05) is 0 Å². The summed E-state index contributed by atoms with van der Waals surface area (Å²) < 4.78 is 8.97. The SMILES string of the molecule is COC(=O)/C=C/c1ccc(NC(C)=O)c([N+](=O)[O-])c1C(=O)OC. The lowest BCUT2D eigenvalue weighted by Gasteiger charge is -2.10. The number of carbonyl (C=O) groups is 3. The molecule has 9 nitrogen and oxygen atoms in total. The molecular formula is C14H14N2O7. The molecule has 9 heteroatoms. The van der Waals surface area contributed by atoms with E-state index in [2.05, 4.69) is 14.8 Å². The highest BCUT2D eigenvalue weighted by Gasteiger charge is 2.28. The number of methoxy groups -OCH3 is 2. The minimum Gasteiger partial charge on any atom is -0.466 e. The Kier molecular flexibility index (Phi) is 5.95. The first-order chi connectivity index (χ1) is 10.8. The van der Waals surface area contributed by atoms with E-state index >= 15 is 0 Å². The average Bonchev–Trinajstić information content (AvgIpc) is 2.50. The molecule has 0 heterocycles. The van der Waals surface area contributed by atoms with E-state index in [0.29, 0.717) is 0 Å². The van der Waals surface area contributed by atoms with Gasteiger partial charge in [-0.3, -0.25) is 14.9 Å². The van der Waals surface area contributed by atoms with Crippen molar-refractivity contribution in [3.05, 3.63) is 39.4 Å². The first-order valence-electron chi connectivity index (χ1n) is 6.25. The van der Waals surface area contributed by atoms with Gasteiger partial charge in [-0.15, -0.1) is 0 Å². The number of anilines is 1. The van der Waals surface area contributed by atoms with Crippen LogP contribution in [0.15, 0.2) is 18.2 Å². The summed E-state index contributed by atoms with van der Waals surface area (Å²) in [6.45, 7) is 1.17. The third-order valence-corrected chi connectivity index (χ3v) is 2.69. The summed E-state index contributed by atoms with van der Waals surface area (Å²) in [7, 11) is 2.22. The van der Waals surface area contributed by atoms with Crippen LogP contribution in [0, 0.1) is 10.1 Å². The molecule has 23 heavy (non-hydrogen) atoms. The molecule has 1 amide bonds. The van der Waals surface area contributed by atoms with E-state index in [9.17, 15) is 24.5 Å². The Bertz CT molecular complexity index is 695. The maximum atomic E-state index is 11.9. The van der Waals surface area contributed by atoms with Crippen molar-refractivity contribution in [3.8, 4) is 0 Å². The first-order valence-corrected chi connectivity index (χ1v) is 6.25. The van der Waals surface area contributed by atoms with Crippen molar-refractivity contribution in [3.63, 3.8) is 0 Å². The van der Waals surface area contributed by atoms with Crippen molar-refractivity contribution >= 4 is 35.3 Å². The Labute approximate surface area is 131 Å². The van der Waals surface area contributed by atoms with Crippen LogP contribution in [-0.4, -0.2) is 37.0 Å². The van der Waals surface area contributed by atoms with Crippen molar-refractivity contribution in [2.45, 2.75) is 6.92 Å². The van der Waals surface area contributed by atoms with Gasteiger partial charge in [0.05, 0.1) is 19.1 Å². The monoisotopic (exact) mass is 322 g/mol. The van der Waals surface area contributed by atoms with E-state index in [1.54, 1.807) is 0 Å². The molecular weight excluding hydrogens is 308 g/mol. The molecule has 0 saturated carbocycles. The largest absolute Gasteiger partial charge is 0.466 e. The van der Waals surface area contributed by atoms with Gasteiger partial charge in [-0.05, 0) is 17.7 Å². The summed E-state index contributed by atoms with van der Waals surface area (Å²) >= 11 is 0. The molecule has 0 radical (unpaired) electrons. The molecule has 0 aliphatic heterocycles. The number of carbonyl (C=O) groups excluding carboxylic acids is 3. The van der Waals surface area contributed by atoms with E-state index < -0.39 is 28.5 Å². The summed E-state index contributed by atoms with van der Waals surface area (Å²) in [5.74, 6) is -2.22. The van der Waals surface area contributed by atoms with E-state index in [0.717, 1.165) is 20.3 Å². The zero-order valence-corrected chi connectivity index (χ0v) is 12.6. The lowest BCUT2D eigenvalue weighted by molar-refractivity contribution is -0.384.